The molecule has 14 rings (SSSR count). The van der Waals surface area contributed by atoms with Crippen LogP contribution in [-0.4, -0.2) is 9.97 Å². The van der Waals surface area contributed by atoms with E-state index in [1.165, 1.54) is 109 Å². The Bertz CT molecular complexity index is 3860. The molecule has 284 valence electrons. The van der Waals surface area contributed by atoms with Crippen LogP contribution in [0.1, 0.15) is 0 Å². The Labute approximate surface area is 356 Å². The highest BCUT2D eigenvalue weighted by atomic mass is 14.7. The van der Waals surface area contributed by atoms with Crippen LogP contribution < -0.4 is 0 Å². The van der Waals surface area contributed by atoms with Gasteiger partial charge in [-0.15, -0.1) is 0 Å². The number of rotatable bonds is 4. The van der Waals surface area contributed by atoms with Crippen molar-refractivity contribution in [1.82, 2.24) is 9.97 Å². The molecule has 2 aromatic heterocycles. The van der Waals surface area contributed by atoms with Crippen molar-refractivity contribution in [2.45, 2.75) is 0 Å². The highest BCUT2D eigenvalue weighted by molar-refractivity contribution is 6.41. The second kappa shape index (κ2) is 12.7. The van der Waals surface area contributed by atoms with Crippen LogP contribution in [-0.2, 0) is 0 Å². The fraction of sp³-hybridized carbons (Fsp3) is 0. The lowest BCUT2D eigenvalue weighted by Gasteiger charge is -2.22. The number of hydrogen-bond acceptors (Lipinski definition) is 2. The van der Waals surface area contributed by atoms with Gasteiger partial charge < -0.3 is 0 Å². The molecule has 14 aromatic rings. The smallest absolute Gasteiger partial charge is 0.0801 e. The predicted octanol–water partition coefficient (Wildman–Crippen LogP) is 16.4. The average molecular weight is 783 g/mol. The van der Waals surface area contributed by atoms with Gasteiger partial charge in [-0.1, -0.05) is 170 Å². The Kier molecular flexibility index (Phi) is 6.86. The lowest BCUT2D eigenvalue weighted by molar-refractivity contribution is 1.50. The molecule has 62 heavy (non-hydrogen) atoms. The summed E-state index contributed by atoms with van der Waals surface area (Å²) in [6.45, 7) is 0. The molecule has 0 aliphatic rings. The van der Waals surface area contributed by atoms with Crippen LogP contribution >= 0.6 is 0 Å². The normalized spacial score (nSPS) is 12.2. The molecule has 2 heterocycles. The molecule has 2 heteroatoms. The number of nitrogens with zero attached hydrogens (tertiary/aromatic N) is 2. The van der Waals surface area contributed by atoms with Gasteiger partial charge in [-0.2, -0.15) is 0 Å². The lowest BCUT2D eigenvalue weighted by Crippen LogP contribution is -1.99. The molecule has 0 N–H and O–H groups in total. The van der Waals surface area contributed by atoms with Gasteiger partial charge in [0.15, 0.2) is 0 Å². The van der Waals surface area contributed by atoms with Crippen molar-refractivity contribution in [2.24, 2.45) is 0 Å². The Morgan fingerprint density at radius 2 is 0.613 bits per heavy atom. The quantitative estimate of drug-likeness (QED) is 0.131. The molecule has 0 spiro atoms. The maximum Gasteiger partial charge on any atom is 0.0801 e. The Morgan fingerprint density at radius 3 is 1.06 bits per heavy atom. The van der Waals surface area contributed by atoms with Crippen molar-refractivity contribution in [2.75, 3.05) is 0 Å². The molecular weight excluding hydrogens is 749 g/mol. The molecule has 0 unspecified atom stereocenters. The van der Waals surface area contributed by atoms with E-state index >= 15 is 0 Å². The average Bonchev–Trinajstić information content (AvgIpc) is 3.34. The summed E-state index contributed by atoms with van der Waals surface area (Å²) >= 11 is 0. The topological polar surface area (TPSA) is 25.8 Å². The summed E-state index contributed by atoms with van der Waals surface area (Å²) in [6.07, 6.45) is 0. The Balaban J connectivity index is 1.15. The third kappa shape index (κ3) is 4.75. The van der Waals surface area contributed by atoms with Gasteiger partial charge in [0.05, 0.1) is 22.1 Å². The van der Waals surface area contributed by atoms with Crippen LogP contribution in [0.25, 0.3) is 142 Å². The minimum Gasteiger partial charge on any atom is -0.247 e. The predicted molar refractivity (Wildman–Crippen MR) is 264 cm³/mol. The second-order valence-electron chi connectivity index (χ2n) is 16.8. The maximum atomic E-state index is 5.70. The fourth-order valence-electron chi connectivity index (χ4n) is 10.7. The standard InChI is InChI=1S/C60H34N2/c1-3-11-35(12-4-1)41-23-25-45-49(33-41)53(43-21-19-37-15-7-9-17-39(37)31-43)47-27-29-52-57-55(47)59(45)61-51-30-28-48-54(44-22-20-38-16-8-10-18-40(38)32-44)50-34-42(36-13-5-2-6-14-36)24-26-46(50)60(62-52)56(48)58(51)57/h1-34H. The fourth-order valence-corrected chi connectivity index (χ4v) is 10.7. The molecule has 0 saturated heterocycles. The van der Waals surface area contributed by atoms with E-state index in [1.54, 1.807) is 0 Å². The van der Waals surface area contributed by atoms with E-state index in [1.807, 2.05) is 0 Å². The molecule has 0 amide bonds. The number of aromatic nitrogens is 2. The van der Waals surface area contributed by atoms with Crippen LogP contribution in [0.3, 0.4) is 0 Å². The zero-order valence-corrected chi connectivity index (χ0v) is 33.5. The van der Waals surface area contributed by atoms with E-state index in [4.69, 9.17) is 9.97 Å². The Morgan fingerprint density at radius 1 is 0.226 bits per heavy atom. The van der Waals surface area contributed by atoms with E-state index in [-0.39, 0.29) is 0 Å². The molecule has 0 aliphatic carbocycles. The van der Waals surface area contributed by atoms with E-state index < -0.39 is 0 Å². The van der Waals surface area contributed by atoms with Gasteiger partial charge in [0.1, 0.15) is 0 Å². The van der Waals surface area contributed by atoms with Crippen molar-refractivity contribution < 1.29 is 0 Å². The number of hydrogen-bond donors (Lipinski definition) is 0. The minimum absolute atomic E-state index is 0.992. The molecule has 0 atom stereocenters. The van der Waals surface area contributed by atoms with Crippen molar-refractivity contribution in [3.05, 3.63) is 206 Å². The molecule has 0 radical (unpaired) electrons. The zero-order valence-electron chi connectivity index (χ0n) is 33.5. The third-order valence-electron chi connectivity index (χ3n) is 13.5. The highest BCUT2D eigenvalue weighted by Crippen LogP contribution is 2.51. The van der Waals surface area contributed by atoms with E-state index in [0.29, 0.717) is 0 Å². The molecule has 0 fully saturated rings. The monoisotopic (exact) mass is 782 g/mol. The van der Waals surface area contributed by atoms with Crippen molar-refractivity contribution in [1.29, 1.82) is 0 Å². The first kappa shape index (κ1) is 33.6. The molecule has 0 aliphatic heterocycles. The summed E-state index contributed by atoms with van der Waals surface area (Å²) in [5, 5.41) is 16.7. The lowest BCUT2D eigenvalue weighted by atomic mass is 9.83. The highest BCUT2D eigenvalue weighted by Gasteiger charge is 2.25. The van der Waals surface area contributed by atoms with E-state index in [0.717, 1.165) is 32.8 Å². The van der Waals surface area contributed by atoms with Gasteiger partial charge in [0.25, 0.3) is 0 Å². The van der Waals surface area contributed by atoms with Crippen molar-refractivity contribution in [3.8, 4) is 44.5 Å². The van der Waals surface area contributed by atoms with Gasteiger partial charge in [0, 0.05) is 32.3 Å². The summed E-state index contributed by atoms with van der Waals surface area (Å²) < 4.78 is 0. The molecule has 0 bridgehead atoms. The number of benzene rings is 12. The largest absolute Gasteiger partial charge is 0.247 e. The first-order valence-corrected chi connectivity index (χ1v) is 21.4. The van der Waals surface area contributed by atoms with Crippen LogP contribution in [0.15, 0.2) is 206 Å². The Hall–Kier alpha value is -8.20. The summed E-state index contributed by atoms with van der Waals surface area (Å²) in [5.41, 5.74) is 13.6. The maximum absolute atomic E-state index is 5.70. The number of pyridine rings is 2. The van der Waals surface area contributed by atoms with E-state index in [9.17, 15) is 0 Å². The van der Waals surface area contributed by atoms with Gasteiger partial charge in [-0.25, -0.2) is 9.97 Å². The van der Waals surface area contributed by atoms with Gasteiger partial charge >= 0.3 is 0 Å². The number of fused-ring (bicyclic) bond motifs is 6. The van der Waals surface area contributed by atoms with Crippen molar-refractivity contribution >= 4 is 97.5 Å². The summed E-state index contributed by atoms with van der Waals surface area (Å²) in [4.78, 5) is 11.4. The second-order valence-corrected chi connectivity index (χ2v) is 16.8. The van der Waals surface area contributed by atoms with Gasteiger partial charge in [-0.3, -0.25) is 0 Å². The first-order chi connectivity index (χ1) is 30.7. The van der Waals surface area contributed by atoms with Gasteiger partial charge in [-0.05, 0) is 124 Å². The zero-order chi connectivity index (χ0) is 40.5. The summed E-state index contributed by atoms with van der Waals surface area (Å²) in [6, 6.07) is 75.6. The van der Waals surface area contributed by atoms with Crippen LogP contribution in [0.4, 0.5) is 0 Å². The SMILES string of the molecule is c1ccc(-c2ccc3c(c2)c(-c2ccc4ccccc4c2)c2ccc4nc5c6ccc(-c7ccccc7)cc6c(-c6ccc7ccccc7c6)c6ccc7nc3c2c4c7c65)cc1. The summed E-state index contributed by atoms with van der Waals surface area (Å²) in [7, 11) is 0. The van der Waals surface area contributed by atoms with Crippen molar-refractivity contribution in [3.63, 3.8) is 0 Å². The van der Waals surface area contributed by atoms with Gasteiger partial charge in [0.2, 0.25) is 0 Å². The van der Waals surface area contributed by atoms with Crippen LogP contribution in [0.5, 0.6) is 0 Å². The van der Waals surface area contributed by atoms with Crippen LogP contribution in [0, 0.1) is 0 Å². The van der Waals surface area contributed by atoms with Crippen LogP contribution in [0.2, 0.25) is 0 Å². The molecular formula is C60H34N2. The minimum atomic E-state index is 0.992. The third-order valence-corrected chi connectivity index (χ3v) is 13.5. The molecule has 0 saturated carbocycles. The summed E-state index contributed by atoms with van der Waals surface area (Å²) in [5.74, 6) is 0. The molecule has 12 aromatic carbocycles. The molecule has 2 nitrogen and oxygen atoms in total. The first-order valence-electron chi connectivity index (χ1n) is 21.4. The van der Waals surface area contributed by atoms with E-state index in [2.05, 4.69) is 206 Å².